The van der Waals surface area contributed by atoms with Gasteiger partial charge in [0.2, 0.25) is 11.8 Å². The van der Waals surface area contributed by atoms with Crippen LogP contribution in [0.15, 0.2) is 24.3 Å². The lowest BCUT2D eigenvalue weighted by molar-refractivity contribution is -0.138. The van der Waals surface area contributed by atoms with Gasteiger partial charge in [-0.05, 0) is 31.0 Å². The summed E-state index contributed by atoms with van der Waals surface area (Å²) in [4.78, 5) is 33.9. The number of aryl methyl sites for hydroxylation is 1. The number of aromatic amines is 1. The summed E-state index contributed by atoms with van der Waals surface area (Å²) < 4.78 is 5.18. The molecular weight excluding hydrogens is 370 g/mol. The van der Waals surface area contributed by atoms with Crippen molar-refractivity contribution in [2.75, 3.05) is 26.7 Å². The molecule has 1 fully saturated rings. The first-order chi connectivity index (χ1) is 13.9. The van der Waals surface area contributed by atoms with Crippen LogP contribution >= 0.6 is 0 Å². The Morgan fingerprint density at radius 2 is 1.97 bits per heavy atom. The fourth-order valence-corrected chi connectivity index (χ4v) is 3.57. The Balaban J connectivity index is 1.79. The molecule has 2 amide bonds. The van der Waals surface area contributed by atoms with E-state index in [-0.39, 0.29) is 23.8 Å². The zero-order valence-corrected chi connectivity index (χ0v) is 17.5. The van der Waals surface area contributed by atoms with Crippen molar-refractivity contribution < 1.29 is 14.3 Å². The number of carbonyl (C=O) groups excluding carboxylic acids is 2. The zero-order chi connectivity index (χ0) is 21.0. The van der Waals surface area contributed by atoms with E-state index in [1.54, 1.807) is 7.11 Å². The maximum absolute atomic E-state index is 13.0. The number of methoxy groups -OCH3 is 1. The molecule has 1 aliphatic heterocycles. The lowest BCUT2D eigenvalue weighted by Crippen LogP contribution is -2.42. The number of benzene rings is 1. The van der Waals surface area contributed by atoms with Gasteiger partial charge in [0, 0.05) is 25.6 Å². The molecule has 3 rings (SSSR count). The number of rotatable bonds is 5. The monoisotopic (exact) mass is 399 g/mol. The van der Waals surface area contributed by atoms with Crippen LogP contribution in [0.25, 0.3) is 0 Å². The molecule has 156 valence electrons. The van der Waals surface area contributed by atoms with E-state index in [1.165, 1.54) is 0 Å². The van der Waals surface area contributed by atoms with Crippen molar-refractivity contribution in [2.45, 2.75) is 39.7 Å². The summed E-state index contributed by atoms with van der Waals surface area (Å²) in [6.07, 6.45) is 1.04. The lowest BCUT2D eigenvalue weighted by atomic mass is 10.1. The Bertz CT molecular complexity index is 846. The number of amides is 2. The van der Waals surface area contributed by atoms with E-state index in [0.29, 0.717) is 37.7 Å². The third-order valence-corrected chi connectivity index (χ3v) is 5.15. The molecule has 1 atom stereocenters. The average molecular weight is 399 g/mol. The normalized spacial score (nSPS) is 17.3. The van der Waals surface area contributed by atoms with Crippen LogP contribution in [-0.4, -0.2) is 63.5 Å². The molecule has 2 aromatic rings. The molecule has 1 saturated heterocycles. The highest BCUT2D eigenvalue weighted by Gasteiger charge is 2.34. The molecule has 0 bridgehead atoms. The second kappa shape index (κ2) is 9.07. The molecule has 1 aliphatic rings. The fraction of sp³-hybridized carbons (Fsp3) is 0.524. The van der Waals surface area contributed by atoms with Crippen LogP contribution in [0.4, 0.5) is 0 Å². The molecule has 1 N–H and O–H groups in total. The van der Waals surface area contributed by atoms with Gasteiger partial charge in [-0.1, -0.05) is 26.0 Å². The number of nitrogens with one attached hydrogen (secondary N) is 1. The van der Waals surface area contributed by atoms with Crippen LogP contribution in [0, 0.1) is 12.8 Å². The van der Waals surface area contributed by atoms with Crippen LogP contribution in [-0.2, 0) is 16.0 Å². The smallest absolute Gasteiger partial charge is 0.227 e. The van der Waals surface area contributed by atoms with Gasteiger partial charge in [0.05, 0.1) is 13.5 Å². The summed E-state index contributed by atoms with van der Waals surface area (Å²) in [5, 5.41) is 7.14. The van der Waals surface area contributed by atoms with Gasteiger partial charge in [-0.3, -0.25) is 14.7 Å². The molecule has 0 spiro atoms. The summed E-state index contributed by atoms with van der Waals surface area (Å²) in [7, 11) is 1.62. The van der Waals surface area contributed by atoms with Gasteiger partial charge in [0.1, 0.15) is 17.6 Å². The molecule has 8 heteroatoms. The second-order valence-corrected chi connectivity index (χ2v) is 7.70. The van der Waals surface area contributed by atoms with Crippen molar-refractivity contribution in [2.24, 2.45) is 5.92 Å². The minimum atomic E-state index is -0.350. The molecule has 8 nitrogen and oxygen atoms in total. The summed E-state index contributed by atoms with van der Waals surface area (Å²) in [5.41, 5.74) is 0.931. The van der Waals surface area contributed by atoms with E-state index in [0.717, 1.165) is 17.7 Å². The SMILES string of the molecule is COc1ccc(CC(=O)N2CCCN(C(=O)C(C)C)C(c3n[nH]c(C)n3)C2)cc1. The number of hydrogen-bond acceptors (Lipinski definition) is 5. The third kappa shape index (κ3) is 4.93. The summed E-state index contributed by atoms with van der Waals surface area (Å²) in [5.74, 6) is 1.98. The highest BCUT2D eigenvalue weighted by Crippen LogP contribution is 2.25. The van der Waals surface area contributed by atoms with Crippen LogP contribution in [0.5, 0.6) is 5.75 Å². The molecule has 1 aromatic heterocycles. The predicted octanol–water partition coefficient (Wildman–Crippen LogP) is 2.12. The average Bonchev–Trinajstić information content (AvgIpc) is 3.01. The maximum Gasteiger partial charge on any atom is 0.227 e. The van der Waals surface area contributed by atoms with E-state index in [4.69, 9.17) is 4.74 Å². The standard InChI is InChI=1S/C21H29N5O3/c1-14(2)21(28)26-11-5-10-25(13-18(26)20-22-15(3)23-24-20)19(27)12-16-6-8-17(29-4)9-7-16/h6-9,14,18H,5,10-13H2,1-4H3,(H,22,23,24). The van der Waals surface area contributed by atoms with E-state index in [2.05, 4.69) is 15.2 Å². The Morgan fingerprint density at radius 3 is 2.55 bits per heavy atom. The first-order valence-electron chi connectivity index (χ1n) is 9.99. The largest absolute Gasteiger partial charge is 0.497 e. The quantitative estimate of drug-likeness (QED) is 0.832. The van der Waals surface area contributed by atoms with Gasteiger partial charge in [0.15, 0.2) is 5.82 Å². The summed E-state index contributed by atoms with van der Waals surface area (Å²) in [6, 6.07) is 7.16. The van der Waals surface area contributed by atoms with E-state index < -0.39 is 0 Å². The summed E-state index contributed by atoms with van der Waals surface area (Å²) in [6.45, 7) is 7.19. The molecule has 0 aliphatic carbocycles. The van der Waals surface area contributed by atoms with E-state index >= 15 is 0 Å². The minimum absolute atomic E-state index is 0.0336. The molecule has 0 saturated carbocycles. The molecule has 1 aromatic carbocycles. The minimum Gasteiger partial charge on any atom is -0.497 e. The van der Waals surface area contributed by atoms with Gasteiger partial charge in [-0.25, -0.2) is 4.98 Å². The highest BCUT2D eigenvalue weighted by atomic mass is 16.5. The van der Waals surface area contributed by atoms with Crippen molar-refractivity contribution >= 4 is 11.8 Å². The first kappa shape index (κ1) is 20.8. The van der Waals surface area contributed by atoms with E-state index in [1.807, 2.05) is 54.8 Å². The van der Waals surface area contributed by atoms with E-state index in [9.17, 15) is 9.59 Å². The fourth-order valence-electron chi connectivity index (χ4n) is 3.57. The number of nitrogens with zero attached hydrogens (tertiary/aromatic N) is 4. The molecule has 29 heavy (non-hydrogen) atoms. The molecular formula is C21H29N5O3. The lowest BCUT2D eigenvalue weighted by Gasteiger charge is -2.31. The van der Waals surface area contributed by atoms with Crippen molar-refractivity contribution in [3.05, 3.63) is 41.5 Å². The van der Waals surface area contributed by atoms with Gasteiger partial charge in [0.25, 0.3) is 0 Å². The van der Waals surface area contributed by atoms with Gasteiger partial charge >= 0.3 is 0 Å². The van der Waals surface area contributed by atoms with Crippen LogP contribution in [0.2, 0.25) is 0 Å². The van der Waals surface area contributed by atoms with Gasteiger partial charge in [-0.15, -0.1) is 0 Å². The van der Waals surface area contributed by atoms with Gasteiger partial charge < -0.3 is 14.5 Å². The third-order valence-electron chi connectivity index (χ3n) is 5.15. The van der Waals surface area contributed by atoms with Crippen molar-refractivity contribution in [3.8, 4) is 5.75 Å². The molecule has 1 unspecified atom stereocenters. The predicted molar refractivity (Wildman–Crippen MR) is 108 cm³/mol. The van der Waals surface area contributed by atoms with Crippen molar-refractivity contribution in [1.29, 1.82) is 0 Å². The van der Waals surface area contributed by atoms with Crippen LogP contribution in [0.3, 0.4) is 0 Å². The van der Waals surface area contributed by atoms with Crippen molar-refractivity contribution in [1.82, 2.24) is 25.0 Å². The van der Waals surface area contributed by atoms with Crippen LogP contribution < -0.4 is 4.74 Å². The Kier molecular flexibility index (Phi) is 6.51. The maximum atomic E-state index is 13.0. The molecule has 0 radical (unpaired) electrons. The first-order valence-corrected chi connectivity index (χ1v) is 9.99. The number of H-pyrrole nitrogens is 1. The topological polar surface area (TPSA) is 91.4 Å². The van der Waals surface area contributed by atoms with Gasteiger partial charge in [-0.2, -0.15) is 5.10 Å². The molecule has 2 heterocycles. The number of ether oxygens (including phenoxy) is 1. The highest BCUT2D eigenvalue weighted by molar-refractivity contribution is 5.80. The second-order valence-electron chi connectivity index (χ2n) is 7.70. The Labute approximate surface area is 171 Å². The zero-order valence-electron chi connectivity index (χ0n) is 17.5. The van der Waals surface area contributed by atoms with Crippen molar-refractivity contribution in [3.63, 3.8) is 0 Å². The Morgan fingerprint density at radius 1 is 1.24 bits per heavy atom. The number of hydrogen-bond donors (Lipinski definition) is 1. The number of aromatic nitrogens is 3. The summed E-state index contributed by atoms with van der Waals surface area (Å²) >= 11 is 0. The Hall–Kier alpha value is -2.90. The number of carbonyl (C=O) groups is 2. The van der Waals surface area contributed by atoms with Crippen LogP contribution in [0.1, 0.15) is 43.5 Å².